The van der Waals surface area contributed by atoms with Crippen molar-refractivity contribution in [3.05, 3.63) is 22.5 Å². The minimum Gasteiger partial charge on any atom is -0.340 e. The molecule has 1 saturated heterocycles. The molecule has 1 unspecified atom stereocenters. The van der Waals surface area contributed by atoms with E-state index in [4.69, 9.17) is 0 Å². The van der Waals surface area contributed by atoms with E-state index in [9.17, 15) is 10.1 Å². The second-order valence-corrected chi connectivity index (χ2v) is 3.76. The Morgan fingerprint density at radius 1 is 1.56 bits per heavy atom. The second-order valence-electron chi connectivity index (χ2n) is 3.76. The Hall–Kier alpha value is -1.76. The fourth-order valence-corrected chi connectivity index (χ4v) is 1.72. The van der Waals surface area contributed by atoms with Crippen molar-refractivity contribution in [3.63, 3.8) is 0 Å². The molecule has 1 fully saturated rings. The summed E-state index contributed by atoms with van der Waals surface area (Å²) in [6, 6.07) is 0.362. The molecule has 2 rings (SSSR count). The summed E-state index contributed by atoms with van der Waals surface area (Å²) >= 11 is 0. The Labute approximate surface area is 92.7 Å². The number of nitrogens with zero attached hydrogens (tertiary/aromatic N) is 4. The molecule has 7 nitrogen and oxygen atoms in total. The zero-order valence-electron chi connectivity index (χ0n) is 8.96. The lowest BCUT2D eigenvalue weighted by atomic mass is 10.2. The topological polar surface area (TPSA) is 84.2 Å². The highest BCUT2D eigenvalue weighted by atomic mass is 16.6. The molecule has 0 aromatic carbocycles. The van der Waals surface area contributed by atoms with Crippen LogP contribution in [0.1, 0.15) is 6.42 Å². The molecular weight excluding hydrogens is 210 g/mol. The van der Waals surface area contributed by atoms with Gasteiger partial charge in [0.25, 0.3) is 0 Å². The van der Waals surface area contributed by atoms with Gasteiger partial charge < -0.3 is 10.2 Å². The molecule has 1 atom stereocenters. The van der Waals surface area contributed by atoms with Crippen molar-refractivity contribution >= 4 is 11.6 Å². The number of hydrogen-bond donors (Lipinski definition) is 1. The first-order valence-corrected chi connectivity index (χ1v) is 5.08. The Morgan fingerprint density at radius 3 is 2.75 bits per heavy atom. The molecule has 1 aromatic heterocycles. The normalized spacial score (nSPS) is 19.7. The van der Waals surface area contributed by atoms with Crippen LogP contribution in [0.15, 0.2) is 12.4 Å². The van der Waals surface area contributed by atoms with Crippen LogP contribution in [0.3, 0.4) is 0 Å². The molecule has 1 aromatic rings. The minimum atomic E-state index is -0.499. The molecule has 86 valence electrons. The van der Waals surface area contributed by atoms with Gasteiger partial charge in [-0.3, -0.25) is 10.1 Å². The van der Waals surface area contributed by atoms with Gasteiger partial charge in [-0.05, 0) is 13.0 Å². The molecule has 1 aliphatic heterocycles. The first-order valence-electron chi connectivity index (χ1n) is 5.08. The number of aromatic nitrogens is 2. The van der Waals surface area contributed by atoms with Gasteiger partial charge in [0.2, 0.25) is 5.95 Å². The maximum Gasteiger partial charge on any atom is 0.305 e. The molecule has 1 N–H and O–H groups in total. The van der Waals surface area contributed by atoms with E-state index in [1.165, 1.54) is 12.4 Å². The molecule has 0 radical (unpaired) electrons. The summed E-state index contributed by atoms with van der Waals surface area (Å²) in [4.78, 5) is 19.9. The monoisotopic (exact) mass is 223 g/mol. The van der Waals surface area contributed by atoms with Crippen molar-refractivity contribution in [2.24, 2.45) is 0 Å². The van der Waals surface area contributed by atoms with E-state index < -0.39 is 4.92 Å². The van der Waals surface area contributed by atoms with Crippen molar-refractivity contribution in [3.8, 4) is 0 Å². The fraction of sp³-hybridized carbons (Fsp3) is 0.556. The molecule has 7 heteroatoms. The van der Waals surface area contributed by atoms with Gasteiger partial charge in [0, 0.05) is 19.6 Å². The molecule has 0 spiro atoms. The van der Waals surface area contributed by atoms with Crippen LogP contribution in [0.4, 0.5) is 11.6 Å². The predicted octanol–water partition coefficient (Wildman–Crippen LogP) is 0.183. The zero-order chi connectivity index (χ0) is 11.5. The molecule has 0 aliphatic carbocycles. The second kappa shape index (κ2) is 4.40. The Kier molecular flexibility index (Phi) is 2.95. The van der Waals surface area contributed by atoms with Crippen molar-refractivity contribution in [2.75, 3.05) is 25.0 Å². The SMILES string of the molecule is CN(c1ncc([N+](=O)[O-])cn1)C1CCNC1. The van der Waals surface area contributed by atoms with E-state index in [-0.39, 0.29) is 5.69 Å². The van der Waals surface area contributed by atoms with Crippen molar-refractivity contribution in [2.45, 2.75) is 12.5 Å². The van der Waals surface area contributed by atoms with Gasteiger partial charge >= 0.3 is 5.69 Å². The first-order chi connectivity index (χ1) is 7.68. The lowest BCUT2D eigenvalue weighted by Crippen LogP contribution is -2.34. The third-order valence-electron chi connectivity index (χ3n) is 2.73. The first kappa shape index (κ1) is 10.7. The van der Waals surface area contributed by atoms with Crippen LogP contribution in [0, 0.1) is 10.1 Å². The van der Waals surface area contributed by atoms with Crippen molar-refractivity contribution in [1.29, 1.82) is 0 Å². The Morgan fingerprint density at radius 2 is 2.25 bits per heavy atom. The number of hydrogen-bond acceptors (Lipinski definition) is 6. The standard InChI is InChI=1S/C9H13N5O2/c1-13(7-2-3-10-4-7)9-11-5-8(6-12-9)14(15)16/h5-7,10H,2-4H2,1H3. The van der Waals surface area contributed by atoms with Crippen LogP contribution in [0.2, 0.25) is 0 Å². The zero-order valence-corrected chi connectivity index (χ0v) is 8.96. The number of anilines is 1. The summed E-state index contributed by atoms with van der Waals surface area (Å²) < 4.78 is 0. The predicted molar refractivity (Wildman–Crippen MR) is 58.4 cm³/mol. The third kappa shape index (κ3) is 2.08. The van der Waals surface area contributed by atoms with Gasteiger partial charge in [-0.2, -0.15) is 0 Å². The van der Waals surface area contributed by atoms with Crippen LogP contribution in [-0.4, -0.2) is 41.1 Å². The number of nitro groups is 1. The van der Waals surface area contributed by atoms with Crippen LogP contribution in [-0.2, 0) is 0 Å². The van der Waals surface area contributed by atoms with Gasteiger partial charge in [0.05, 0.1) is 4.92 Å². The fourth-order valence-electron chi connectivity index (χ4n) is 1.72. The maximum absolute atomic E-state index is 10.4. The van der Waals surface area contributed by atoms with Gasteiger partial charge in [-0.1, -0.05) is 0 Å². The molecule has 0 saturated carbocycles. The average Bonchev–Trinajstić information content (AvgIpc) is 2.81. The quantitative estimate of drug-likeness (QED) is 0.581. The number of likely N-dealkylation sites (N-methyl/N-ethyl adjacent to an activating group) is 1. The van der Waals surface area contributed by atoms with Gasteiger partial charge in [-0.15, -0.1) is 0 Å². The van der Waals surface area contributed by atoms with Crippen molar-refractivity contribution in [1.82, 2.24) is 15.3 Å². The number of rotatable bonds is 3. The number of nitrogens with one attached hydrogen (secondary N) is 1. The van der Waals surface area contributed by atoms with Gasteiger partial charge in [0.1, 0.15) is 12.4 Å². The summed E-state index contributed by atoms with van der Waals surface area (Å²) in [6.07, 6.45) is 3.51. The Balaban J connectivity index is 2.11. The van der Waals surface area contributed by atoms with E-state index in [0.717, 1.165) is 19.5 Å². The van der Waals surface area contributed by atoms with Crippen molar-refractivity contribution < 1.29 is 4.92 Å². The van der Waals surface area contributed by atoms with E-state index in [1.807, 2.05) is 11.9 Å². The van der Waals surface area contributed by atoms with Gasteiger partial charge in [-0.25, -0.2) is 9.97 Å². The molecule has 0 amide bonds. The molecule has 0 bridgehead atoms. The molecule has 2 heterocycles. The highest BCUT2D eigenvalue weighted by Crippen LogP contribution is 2.15. The van der Waals surface area contributed by atoms with E-state index in [0.29, 0.717) is 12.0 Å². The minimum absolute atomic E-state index is 0.0818. The summed E-state index contributed by atoms with van der Waals surface area (Å²) in [5.41, 5.74) is -0.0818. The summed E-state index contributed by atoms with van der Waals surface area (Å²) in [7, 11) is 1.90. The summed E-state index contributed by atoms with van der Waals surface area (Å²) in [6.45, 7) is 1.89. The smallest absolute Gasteiger partial charge is 0.305 e. The largest absolute Gasteiger partial charge is 0.340 e. The molecule has 1 aliphatic rings. The average molecular weight is 223 g/mol. The lowest BCUT2D eigenvalue weighted by molar-refractivity contribution is -0.385. The van der Waals surface area contributed by atoms with Crippen LogP contribution in [0.25, 0.3) is 0 Å². The van der Waals surface area contributed by atoms with Gasteiger partial charge in [0.15, 0.2) is 0 Å². The van der Waals surface area contributed by atoms with Crippen LogP contribution >= 0.6 is 0 Å². The summed E-state index contributed by atoms with van der Waals surface area (Å²) in [5, 5.41) is 13.7. The Bertz CT molecular complexity index is 374. The lowest BCUT2D eigenvalue weighted by Gasteiger charge is -2.23. The third-order valence-corrected chi connectivity index (χ3v) is 2.73. The molecule has 16 heavy (non-hydrogen) atoms. The maximum atomic E-state index is 10.4. The van der Waals surface area contributed by atoms with E-state index >= 15 is 0 Å². The highest BCUT2D eigenvalue weighted by Gasteiger charge is 2.21. The van der Waals surface area contributed by atoms with E-state index in [2.05, 4.69) is 15.3 Å². The summed E-state index contributed by atoms with van der Waals surface area (Å²) in [5.74, 6) is 0.527. The van der Waals surface area contributed by atoms with Crippen LogP contribution in [0.5, 0.6) is 0 Å². The van der Waals surface area contributed by atoms with Crippen LogP contribution < -0.4 is 10.2 Å². The van der Waals surface area contributed by atoms with E-state index in [1.54, 1.807) is 0 Å². The highest BCUT2D eigenvalue weighted by molar-refractivity contribution is 5.34. The molecular formula is C9H13N5O2.